The van der Waals surface area contributed by atoms with Crippen LogP contribution in [0.1, 0.15) is 5.56 Å². The van der Waals surface area contributed by atoms with E-state index in [1.165, 1.54) is 13.2 Å². The van der Waals surface area contributed by atoms with Crippen molar-refractivity contribution in [2.45, 2.75) is 12.2 Å². The van der Waals surface area contributed by atoms with Crippen LogP contribution in [0.25, 0.3) is 0 Å². The Kier molecular flexibility index (Phi) is 6.17. The number of carbonyl (C=O) groups excluding carboxylic acids is 1. The van der Waals surface area contributed by atoms with Crippen molar-refractivity contribution in [2.75, 3.05) is 20.3 Å². The molecule has 1 unspecified atom stereocenters. The van der Waals surface area contributed by atoms with Crippen molar-refractivity contribution < 1.29 is 37.3 Å². The molecular weight excluding hydrogens is 307 g/mol. The lowest BCUT2D eigenvalue weighted by Gasteiger charge is -2.14. The molecule has 0 saturated carbocycles. The molecule has 0 bridgehead atoms. The SMILES string of the molecule is COCC(NC(=O)COc1cccc(C(F)(F)F)c1)C(=O)O. The molecule has 22 heavy (non-hydrogen) atoms. The summed E-state index contributed by atoms with van der Waals surface area (Å²) >= 11 is 0. The molecule has 1 aromatic carbocycles. The highest BCUT2D eigenvalue weighted by Gasteiger charge is 2.30. The van der Waals surface area contributed by atoms with Crippen molar-refractivity contribution in [2.24, 2.45) is 0 Å². The number of amides is 1. The van der Waals surface area contributed by atoms with Gasteiger partial charge in [0.1, 0.15) is 5.75 Å². The zero-order chi connectivity index (χ0) is 16.8. The number of hydrogen-bond acceptors (Lipinski definition) is 4. The topological polar surface area (TPSA) is 84.9 Å². The fraction of sp³-hybridized carbons (Fsp3) is 0.385. The molecule has 6 nitrogen and oxygen atoms in total. The Balaban J connectivity index is 2.59. The van der Waals surface area contributed by atoms with Crippen LogP contribution in [0.5, 0.6) is 5.75 Å². The standard InChI is InChI=1S/C13H14F3NO5/c1-21-6-10(12(19)20)17-11(18)7-22-9-4-2-3-8(5-9)13(14,15)16/h2-5,10H,6-7H2,1H3,(H,17,18)(H,19,20). The maximum atomic E-state index is 12.5. The maximum absolute atomic E-state index is 12.5. The van der Waals surface area contributed by atoms with Crippen molar-refractivity contribution in [3.63, 3.8) is 0 Å². The van der Waals surface area contributed by atoms with E-state index < -0.39 is 36.3 Å². The van der Waals surface area contributed by atoms with Crippen molar-refractivity contribution in [3.8, 4) is 5.75 Å². The highest BCUT2D eigenvalue weighted by molar-refractivity contribution is 5.84. The highest BCUT2D eigenvalue weighted by atomic mass is 19.4. The lowest BCUT2D eigenvalue weighted by Crippen LogP contribution is -2.45. The minimum atomic E-state index is -4.52. The summed E-state index contributed by atoms with van der Waals surface area (Å²) in [7, 11) is 1.27. The third kappa shape index (κ3) is 5.60. The summed E-state index contributed by atoms with van der Waals surface area (Å²) in [5, 5.41) is 10.9. The summed E-state index contributed by atoms with van der Waals surface area (Å²) in [6.45, 7) is -0.862. The second-order valence-electron chi connectivity index (χ2n) is 4.23. The second-order valence-corrected chi connectivity index (χ2v) is 4.23. The zero-order valence-electron chi connectivity index (χ0n) is 11.5. The Morgan fingerprint density at radius 1 is 1.36 bits per heavy atom. The van der Waals surface area contributed by atoms with E-state index >= 15 is 0 Å². The molecule has 0 aliphatic carbocycles. The summed E-state index contributed by atoms with van der Waals surface area (Å²) in [4.78, 5) is 22.3. The summed E-state index contributed by atoms with van der Waals surface area (Å²) in [5.74, 6) is -2.24. The zero-order valence-corrected chi connectivity index (χ0v) is 11.5. The fourth-order valence-corrected chi connectivity index (χ4v) is 1.49. The van der Waals surface area contributed by atoms with Crippen molar-refractivity contribution in [1.82, 2.24) is 5.32 Å². The lowest BCUT2D eigenvalue weighted by molar-refractivity contribution is -0.143. The number of carbonyl (C=O) groups is 2. The van der Waals surface area contributed by atoms with Gasteiger partial charge in [-0.05, 0) is 18.2 Å². The molecule has 0 spiro atoms. The third-order valence-corrected chi connectivity index (χ3v) is 2.50. The molecule has 0 heterocycles. The predicted molar refractivity (Wildman–Crippen MR) is 68.4 cm³/mol. The van der Waals surface area contributed by atoms with Gasteiger partial charge >= 0.3 is 12.1 Å². The molecule has 0 saturated heterocycles. The summed E-state index contributed by atoms with van der Waals surface area (Å²) in [6.07, 6.45) is -4.52. The number of carboxylic acids is 1. The fourth-order valence-electron chi connectivity index (χ4n) is 1.49. The predicted octanol–water partition coefficient (Wildman–Crippen LogP) is 1.30. The number of carboxylic acid groups (broad SMARTS) is 1. The summed E-state index contributed by atoms with van der Waals surface area (Å²) in [6, 6.07) is 2.75. The van der Waals surface area contributed by atoms with Gasteiger partial charge < -0.3 is 19.9 Å². The molecule has 1 atom stereocenters. The van der Waals surface area contributed by atoms with E-state index in [1.54, 1.807) is 0 Å². The van der Waals surface area contributed by atoms with Gasteiger partial charge in [-0.1, -0.05) is 6.07 Å². The number of benzene rings is 1. The average molecular weight is 321 g/mol. The summed E-state index contributed by atoms with van der Waals surface area (Å²) < 4.78 is 47.0. The van der Waals surface area contributed by atoms with Gasteiger partial charge in [0.25, 0.3) is 5.91 Å². The van der Waals surface area contributed by atoms with E-state index in [2.05, 4.69) is 10.1 Å². The smallest absolute Gasteiger partial charge is 0.416 e. The van der Waals surface area contributed by atoms with E-state index in [1.807, 2.05) is 0 Å². The van der Waals surface area contributed by atoms with E-state index in [-0.39, 0.29) is 12.4 Å². The Morgan fingerprint density at radius 3 is 2.59 bits per heavy atom. The van der Waals surface area contributed by atoms with Gasteiger partial charge in [0, 0.05) is 7.11 Å². The summed E-state index contributed by atoms with van der Waals surface area (Å²) in [5.41, 5.74) is -0.909. The minimum Gasteiger partial charge on any atom is -0.484 e. The number of nitrogens with one attached hydrogen (secondary N) is 1. The van der Waals surface area contributed by atoms with Crippen molar-refractivity contribution in [3.05, 3.63) is 29.8 Å². The molecule has 0 fully saturated rings. The molecule has 0 aromatic heterocycles. The number of methoxy groups -OCH3 is 1. The van der Waals surface area contributed by atoms with Gasteiger partial charge in [0.05, 0.1) is 12.2 Å². The number of aliphatic carboxylic acids is 1. The van der Waals surface area contributed by atoms with Gasteiger partial charge in [-0.25, -0.2) is 4.79 Å². The molecule has 2 N–H and O–H groups in total. The lowest BCUT2D eigenvalue weighted by atomic mass is 10.2. The second kappa shape index (κ2) is 7.64. The molecular formula is C13H14F3NO5. The first-order valence-electron chi connectivity index (χ1n) is 6.05. The average Bonchev–Trinajstić information content (AvgIpc) is 2.44. The van der Waals surface area contributed by atoms with Crippen LogP contribution in [0.3, 0.4) is 0 Å². The van der Waals surface area contributed by atoms with E-state index in [0.29, 0.717) is 0 Å². The van der Waals surface area contributed by atoms with Gasteiger partial charge in [-0.2, -0.15) is 13.2 Å². The molecule has 122 valence electrons. The Hall–Kier alpha value is -2.29. The van der Waals surface area contributed by atoms with Crippen molar-refractivity contribution >= 4 is 11.9 Å². The van der Waals surface area contributed by atoms with Gasteiger partial charge in [0.15, 0.2) is 12.6 Å². The molecule has 9 heteroatoms. The Morgan fingerprint density at radius 2 is 2.05 bits per heavy atom. The monoisotopic (exact) mass is 321 g/mol. The van der Waals surface area contributed by atoms with Crippen LogP contribution in [-0.4, -0.2) is 43.3 Å². The number of ether oxygens (including phenoxy) is 2. The first kappa shape index (κ1) is 17.8. The molecule has 1 rings (SSSR count). The first-order chi connectivity index (χ1) is 10.2. The van der Waals surface area contributed by atoms with E-state index in [0.717, 1.165) is 18.2 Å². The van der Waals surface area contributed by atoms with Gasteiger partial charge in [-0.15, -0.1) is 0 Å². The molecule has 0 aliphatic rings. The van der Waals surface area contributed by atoms with Crippen LogP contribution < -0.4 is 10.1 Å². The van der Waals surface area contributed by atoms with Crippen LogP contribution in [-0.2, 0) is 20.5 Å². The number of hydrogen-bond donors (Lipinski definition) is 2. The third-order valence-electron chi connectivity index (χ3n) is 2.50. The highest BCUT2D eigenvalue weighted by Crippen LogP contribution is 2.31. The first-order valence-corrected chi connectivity index (χ1v) is 6.05. The van der Waals surface area contributed by atoms with Crippen LogP contribution in [0.15, 0.2) is 24.3 Å². The van der Waals surface area contributed by atoms with Crippen LogP contribution in [0.2, 0.25) is 0 Å². The van der Waals surface area contributed by atoms with E-state index in [4.69, 9.17) is 9.84 Å². The van der Waals surface area contributed by atoms with E-state index in [9.17, 15) is 22.8 Å². The molecule has 0 aliphatic heterocycles. The Labute approximate surface area is 123 Å². The number of alkyl halides is 3. The number of rotatable bonds is 7. The van der Waals surface area contributed by atoms with Gasteiger partial charge in [-0.3, -0.25) is 4.79 Å². The van der Waals surface area contributed by atoms with Crippen molar-refractivity contribution in [1.29, 1.82) is 0 Å². The largest absolute Gasteiger partial charge is 0.484 e. The maximum Gasteiger partial charge on any atom is 0.416 e. The molecule has 1 amide bonds. The van der Waals surface area contributed by atoms with Gasteiger partial charge in [0.2, 0.25) is 0 Å². The van der Waals surface area contributed by atoms with Crippen LogP contribution in [0.4, 0.5) is 13.2 Å². The normalized spacial score (nSPS) is 12.5. The quantitative estimate of drug-likeness (QED) is 0.791. The number of halogens is 3. The minimum absolute atomic E-state index is 0.149. The Bertz CT molecular complexity index is 533. The molecule has 0 radical (unpaired) electrons. The van der Waals surface area contributed by atoms with Crippen LogP contribution in [0, 0.1) is 0 Å². The molecule has 1 aromatic rings. The van der Waals surface area contributed by atoms with Crippen LogP contribution >= 0.6 is 0 Å².